The Morgan fingerprint density at radius 1 is 1.38 bits per heavy atom. The number of carboxylic acid groups (broad SMARTS) is 1. The molecule has 16 heavy (non-hydrogen) atoms. The molecule has 2 unspecified atom stereocenters. The van der Waals surface area contributed by atoms with E-state index in [4.69, 9.17) is 28.3 Å². The lowest BCUT2D eigenvalue weighted by Gasteiger charge is -2.20. The van der Waals surface area contributed by atoms with Crippen LogP contribution in [-0.4, -0.2) is 16.2 Å². The maximum Gasteiger partial charge on any atom is 0.309 e. The Bertz CT molecular complexity index is 373. The molecule has 0 heterocycles. The van der Waals surface area contributed by atoms with Crippen molar-refractivity contribution in [2.45, 2.75) is 19.4 Å². The second-order valence-electron chi connectivity index (χ2n) is 3.43. The minimum Gasteiger partial charge on any atom is -0.481 e. The number of carbonyl (C=O) groups is 1. The molecule has 0 aliphatic carbocycles. The molecule has 0 saturated heterocycles. The zero-order chi connectivity index (χ0) is 12.3. The van der Waals surface area contributed by atoms with Crippen molar-refractivity contribution in [1.29, 1.82) is 0 Å². The maximum absolute atomic E-state index is 10.9. The van der Waals surface area contributed by atoms with E-state index in [9.17, 15) is 9.90 Å². The number of aliphatic hydroxyl groups excluding tert-OH is 1. The van der Waals surface area contributed by atoms with E-state index in [1.54, 1.807) is 25.1 Å². The van der Waals surface area contributed by atoms with Crippen LogP contribution in [-0.2, 0) is 4.79 Å². The van der Waals surface area contributed by atoms with Crippen molar-refractivity contribution in [1.82, 2.24) is 0 Å². The summed E-state index contributed by atoms with van der Waals surface area (Å²) in [5.74, 6) is -1.97. The quantitative estimate of drug-likeness (QED) is 0.877. The van der Waals surface area contributed by atoms with Gasteiger partial charge in [0.25, 0.3) is 0 Å². The highest BCUT2D eigenvalue weighted by molar-refractivity contribution is 6.36. The second kappa shape index (κ2) is 5.53. The van der Waals surface area contributed by atoms with E-state index >= 15 is 0 Å². The molecule has 0 bridgehead atoms. The van der Waals surface area contributed by atoms with Crippen LogP contribution < -0.4 is 0 Å². The van der Waals surface area contributed by atoms with Gasteiger partial charge in [-0.3, -0.25) is 4.79 Å². The molecule has 0 aromatic heterocycles. The van der Waals surface area contributed by atoms with E-state index in [1.807, 2.05) is 0 Å². The Balaban J connectivity index is 3.12. The fourth-order valence-electron chi connectivity index (χ4n) is 1.53. The van der Waals surface area contributed by atoms with Crippen molar-refractivity contribution >= 4 is 29.2 Å². The third-order valence-electron chi connectivity index (χ3n) is 2.43. The average molecular weight is 263 g/mol. The number of hydrogen-bond acceptors (Lipinski definition) is 2. The van der Waals surface area contributed by atoms with Crippen molar-refractivity contribution in [3.05, 3.63) is 33.8 Å². The summed E-state index contributed by atoms with van der Waals surface area (Å²) in [7, 11) is 0. The fraction of sp³-hybridized carbons (Fsp3) is 0.364. The van der Waals surface area contributed by atoms with Gasteiger partial charge in [0.2, 0.25) is 0 Å². The van der Waals surface area contributed by atoms with Gasteiger partial charge >= 0.3 is 5.97 Å². The molecule has 0 fully saturated rings. The molecule has 2 N–H and O–H groups in total. The van der Waals surface area contributed by atoms with Gasteiger partial charge in [-0.05, 0) is 18.6 Å². The van der Waals surface area contributed by atoms with Crippen LogP contribution in [0.3, 0.4) is 0 Å². The normalized spacial score (nSPS) is 14.5. The largest absolute Gasteiger partial charge is 0.481 e. The van der Waals surface area contributed by atoms with Crippen LogP contribution in [0.25, 0.3) is 0 Å². The van der Waals surface area contributed by atoms with Crippen molar-refractivity contribution in [3.8, 4) is 0 Å². The minimum absolute atomic E-state index is 0.278. The maximum atomic E-state index is 10.9. The predicted molar refractivity (Wildman–Crippen MR) is 62.8 cm³/mol. The summed E-state index contributed by atoms with van der Waals surface area (Å²) in [6.45, 7) is 1.69. The zero-order valence-corrected chi connectivity index (χ0v) is 10.2. The number of halogens is 2. The first-order chi connectivity index (χ1) is 7.49. The number of aliphatic carboxylic acids is 1. The summed E-state index contributed by atoms with van der Waals surface area (Å²) in [4.78, 5) is 10.9. The van der Waals surface area contributed by atoms with E-state index in [-0.39, 0.29) is 15.6 Å². The molecule has 2 atom stereocenters. The lowest BCUT2D eigenvalue weighted by Crippen LogP contribution is -2.21. The predicted octanol–water partition coefficient (Wildman–Crippen LogP) is 3.14. The van der Waals surface area contributed by atoms with Gasteiger partial charge < -0.3 is 10.2 Å². The standard InChI is InChI=1S/C11H12Cl2O3/c1-2-6(11(15)16)10(14)9-7(12)4-3-5-8(9)13/h3-6,10,14H,2H2,1H3,(H,15,16). The van der Waals surface area contributed by atoms with Gasteiger partial charge in [0.15, 0.2) is 0 Å². The van der Waals surface area contributed by atoms with Gasteiger partial charge in [-0.2, -0.15) is 0 Å². The fourth-order valence-corrected chi connectivity index (χ4v) is 2.15. The Morgan fingerprint density at radius 3 is 2.25 bits per heavy atom. The summed E-state index contributed by atoms with van der Waals surface area (Å²) < 4.78 is 0. The summed E-state index contributed by atoms with van der Waals surface area (Å²) in [5.41, 5.74) is 0.278. The first-order valence-electron chi connectivity index (χ1n) is 4.83. The summed E-state index contributed by atoms with van der Waals surface area (Å²) in [5, 5.41) is 19.5. The molecule has 88 valence electrons. The highest BCUT2D eigenvalue weighted by Crippen LogP contribution is 2.35. The minimum atomic E-state index is -1.19. The van der Waals surface area contributed by atoms with E-state index in [0.29, 0.717) is 6.42 Å². The molecule has 1 aromatic rings. The second-order valence-corrected chi connectivity index (χ2v) is 4.25. The first kappa shape index (κ1) is 13.3. The smallest absolute Gasteiger partial charge is 0.309 e. The molecule has 0 radical (unpaired) electrons. The topological polar surface area (TPSA) is 57.5 Å². The van der Waals surface area contributed by atoms with Crippen molar-refractivity contribution in [2.75, 3.05) is 0 Å². The van der Waals surface area contributed by atoms with Crippen LogP contribution in [0.5, 0.6) is 0 Å². The number of hydrogen-bond donors (Lipinski definition) is 2. The van der Waals surface area contributed by atoms with E-state index in [0.717, 1.165) is 0 Å². The molecule has 0 aliphatic rings. The molecule has 0 amide bonds. The van der Waals surface area contributed by atoms with E-state index in [1.165, 1.54) is 0 Å². The van der Waals surface area contributed by atoms with Crippen LogP contribution in [0.4, 0.5) is 0 Å². The van der Waals surface area contributed by atoms with Crippen LogP contribution in [0.2, 0.25) is 10.0 Å². The van der Waals surface area contributed by atoms with Crippen LogP contribution >= 0.6 is 23.2 Å². The van der Waals surface area contributed by atoms with Gasteiger partial charge in [0.1, 0.15) is 0 Å². The van der Waals surface area contributed by atoms with E-state index < -0.39 is 18.0 Å². The monoisotopic (exact) mass is 262 g/mol. The molecule has 1 aromatic carbocycles. The molecule has 0 aliphatic heterocycles. The number of aliphatic hydroxyl groups is 1. The zero-order valence-electron chi connectivity index (χ0n) is 8.65. The van der Waals surface area contributed by atoms with Crippen LogP contribution in [0.1, 0.15) is 25.0 Å². The van der Waals surface area contributed by atoms with E-state index in [2.05, 4.69) is 0 Å². The number of rotatable bonds is 4. The Morgan fingerprint density at radius 2 is 1.88 bits per heavy atom. The molecular weight excluding hydrogens is 251 g/mol. The lowest BCUT2D eigenvalue weighted by molar-refractivity contribution is -0.146. The first-order valence-corrected chi connectivity index (χ1v) is 5.59. The van der Waals surface area contributed by atoms with Gasteiger partial charge in [0, 0.05) is 15.6 Å². The Hall–Kier alpha value is -0.770. The highest BCUT2D eigenvalue weighted by atomic mass is 35.5. The average Bonchev–Trinajstić information content (AvgIpc) is 2.17. The van der Waals surface area contributed by atoms with Crippen molar-refractivity contribution in [3.63, 3.8) is 0 Å². The van der Waals surface area contributed by atoms with Crippen LogP contribution in [0, 0.1) is 5.92 Å². The third kappa shape index (κ3) is 2.67. The Kier molecular flexibility index (Phi) is 4.59. The van der Waals surface area contributed by atoms with Crippen molar-refractivity contribution in [2.24, 2.45) is 5.92 Å². The lowest BCUT2D eigenvalue weighted by atomic mass is 9.93. The SMILES string of the molecule is CCC(C(=O)O)C(O)c1c(Cl)cccc1Cl. The molecule has 3 nitrogen and oxygen atoms in total. The van der Waals surface area contributed by atoms with Gasteiger partial charge in [-0.25, -0.2) is 0 Å². The van der Waals surface area contributed by atoms with Gasteiger partial charge in [-0.1, -0.05) is 36.2 Å². The van der Waals surface area contributed by atoms with Crippen LogP contribution in [0.15, 0.2) is 18.2 Å². The summed E-state index contributed by atoms with van der Waals surface area (Å²) in [6.07, 6.45) is -0.887. The molecule has 1 rings (SSSR count). The number of carboxylic acids is 1. The highest BCUT2D eigenvalue weighted by Gasteiger charge is 2.29. The van der Waals surface area contributed by atoms with Gasteiger partial charge in [-0.15, -0.1) is 0 Å². The Labute approximate surface area is 104 Å². The van der Waals surface area contributed by atoms with Crippen molar-refractivity contribution < 1.29 is 15.0 Å². The molecular formula is C11H12Cl2O3. The summed E-state index contributed by atoms with van der Waals surface area (Å²) >= 11 is 11.8. The molecule has 0 saturated carbocycles. The molecule has 5 heteroatoms. The van der Waals surface area contributed by atoms with Gasteiger partial charge in [0.05, 0.1) is 12.0 Å². The molecule has 0 spiro atoms. The third-order valence-corrected chi connectivity index (χ3v) is 3.09. The summed E-state index contributed by atoms with van der Waals surface area (Å²) in [6, 6.07) is 4.78. The number of benzene rings is 1.